The van der Waals surface area contributed by atoms with Gasteiger partial charge in [-0.15, -0.1) is 0 Å². The van der Waals surface area contributed by atoms with Crippen molar-refractivity contribution in [1.29, 1.82) is 0 Å². The molecule has 0 saturated carbocycles. The summed E-state index contributed by atoms with van der Waals surface area (Å²) in [5.74, 6) is 1.67. The Morgan fingerprint density at radius 1 is 1.02 bits per heavy atom. The molecule has 2 N–H and O–H groups in total. The van der Waals surface area contributed by atoms with Crippen LogP contribution < -0.4 is 24.6 Å². The van der Waals surface area contributed by atoms with Gasteiger partial charge in [-0.2, -0.15) is 4.98 Å². The van der Waals surface area contributed by atoms with E-state index >= 15 is 0 Å². The van der Waals surface area contributed by atoms with Crippen LogP contribution in [0.2, 0.25) is 5.02 Å². The molecule has 1 aromatic heterocycles. The first-order chi connectivity index (χ1) is 23.4. The standard InChI is InChI=1S/C37H53ClN8O2S/c1-36(2,37(3,4)26-47)16-19-44-20-22-46(23-21-44)27-14-17-45(18-15-27)28-12-13-31(33(24-28)48-6)41-35-39-25-29(38)34(42-35)40-30-10-8-9-11-32(30)43(5)49-7/h8-13,24-27H,14-23H2,1-7H3,(H2,39,40,41,42). The van der Waals surface area contributed by atoms with Crippen LogP contribution in [-0.4, -0.2) is 98.3 Å². The summed E-state index contributed by atoms with van der Waals surface area (Å²) in [5, 5.41) is 7.14. The van der Waals surface area contributed by atoms with E-state index in [0.717, 1.165) is 99.9 Å². The number of halogens is 1. The minimum Gasteiger partial charge on any atom is -0.494 e. The van der Waals surface area contributed by atoms with Gasteiger partial charge < -0.3 is 34.3 Å². The number of piperidine rings is 1. The fraction of sp³-hybridized carbons (Fsp3) is 0.541. The van der Waals surface area contributed by atoms with E-state index in [1.807, 2.05) is 43.6 Å². The van der Waals surface area contributed by atoms with Crippen molar-refractivity contribution in [2.24, 2.45) is 10.8 Å². The molecule has 2 aliphatic rings. The normalized spacial score (nSPS) is 16.8. The quantitative estimate of drug-likeness (QED) is 0.128. The van der Waals surface area contributed by atoms with Crippen molar-refractivity contribution in [3.8, 4) is 5.75 Å². The second kappa shape index (κ2) is 16.2. The number of para-hydroxylation sites is 2. The largest absolute Gasteiger partial charge is 0.494 e. The first-order valence-corrected chi connectivity index (χ1v) is 18.8. The number of hydrogen-bond donors (Lipinski definition) is 2. The molecule has 266 valence electrons. The second-order valence-electron chi connectivity index (χ2n) is 14.3. The number of hydrogen-bond acceptors (Lipinski definition) is 11. The maximum Gasteiger partial charge on any atom is 0.229 e. The van der Waals surface area contributed by atoms with Gasteiger partial charge in [0.15, 0.2) is 5.82 Å². The summed E-state index contributed by atoms with van der Waals surface area (Å²) in [4.78, 5) is 28.5. The maximum absolute atomic E-state index is 11.6. The highest BCUT2D eigenvalue weighted by molar-refractivity contribution is 7.99. The lowest BCUT2D eigenvalue weighted by molar-refractivity contribution is -0.120. The van der Waals surface area contributed by atoms with Gasteiger partial charge >= 0.3 is 0 Å². The van der Waals surface area contributed by atoms with Crippen molar-refractivity contribution in [3.05, 3.63) is 53.7 Å². The van der Waals surface area contributed by atoms with Crippen LogP contribution in [0.1, 0.15) is 47.0 Å². The second-order valence-corrected chi connectivity index (χ2v) is 15.6. The molecule has 3 heterocycles. The van der Waals surface area contributed by atoms with Crippen molar-refractivity contribution in [2.75, 3.05) is 86.1 Å². The van der Waals surface area contributed by atoms with Crippen LogP contribution in [-0.2, 0) is 4.79 Å². The summed E-state index contributed by atoms with van der Waals surface area (Å²) in [6.07, 6.45) is 8.08. The van der Waals surface area contributed by atoms with E-state index in [1.165, 1.54) is 0 Å². The number of aromatic nitrogens is 2. The van der Waals surface area contributed by atoms with Crippen molar-refractivity contribution < 1.29 is 9.53 Å². The molecule has 0 atom stereocenters. The summed E-state index contributed by atoms with van der Waals surface area (Å²) in [7, 11) is 3.71. The number of nitrogens with one attached hydrogen (secondary N) is 2. The minimum atomic E-state index is -0.310. The third-order valence-electron chi connectivity index (χ3n) is 10.8. The van der Waals surface area contributed by atoms with Gasteiger partial charge in [0, 0.05) is 75.8 Å². The van der Waals surface area contributed by atoms with Crippen LogP contribution >= 0.6 is 23.5 Å². The smallest absolute Gasteiger partial charge is 0.229 e. The number of nitrogens with zero attached hydrogens (tertiary/aromatic N) is 6. The highest BCUT2D eigenvalue weighted by Gasteiger charge is 2.37. The van der Waals surface area contributed by atoms with Crippen LogP contribution in [0.15, 0.2) is 48.7 Å². The number of rotatable bonds is 14. The highest BCUT2D eigenvalue weighted by atomic mass is 35.5. The zero-order valence-corrected chi connectivity index (χ0v) is 31.7. The van der Waals surface area contributed by atoms with Crippen molar-refractivity contribution >= 4 is 64.4 Å². The van der Waals surface area contributed by atoms with Crippen LogP contribution in [0.3, 0.4) is 0 Å². The molecular formula is C37H53ClN8O2S. The molecule has 2 aliphatic heterocycles. The Kier molecular flexibility index (Phi) is 12.2. The summed E-state index contributed by atoms with van der Waals surface area (Å²) in [6, 6.07) is 14.9. The molecule has 0 aliphatic carbocycles. The molecule has 49 heavy (non-hydrogen) atoms. The van der Waals surface area contributed by atoms with E-state index < -0.39 is 0 Å². The Hall–Kier alpha value is -3.25. The topological polar surface area (TPSA) is 89.1 Å². The molecular weight excluding hydrogens is 656 g/mol. The molecule has 0 unspecified atom stereocenters. The van der Waals surface area contributed by atoms with Gasteiger partial charge in [-0.3, -0.25) is 4.90 Å². The number of methoxy groups -OCH3 is 1. The Balaban J connectivity index is 1.15. The van der Waals surface area contributed by atoms with Crippen LogP contribution in [0, 0.1) is 10.8 Å². The Morgan fingerprint density at radius 2 is 1.73 bits per heavy atom. The Morgan fingerprint density at radius 3 is 2.41 bits per heavy atom. The van der Waals surface area contributed by atoms with Crippen LogP contribution in [0.4, 0.5) is 34.5 Å². The maximum atomic E-state index is 11.6. The molecule has 0 bridgehead atoms. The molecule has 0 spiro atoms. The third-order valence-corrected chi connectivity index (χ3v) is 11.8. The summed E-state index contributed by atoms with van der Waals surface area (Å²) < 4.78 is 7.90. The zero-order valence-electron chi connectivity index (χ0n) is 30.1. The van der Waals surface area contributed by atoms with Crippen LogP contribution in [0.5, 0.6) is 5.75 Å². The first-order valence-electron chi connectivity index (χ1n) is 17.2. The van der Waals surface area contributed by atoms with Gasteiger partial charge in [0.05, 0.1) is 30.4 Å². The van der Waals surface area contributed by atoms with E-state index in [9.17, 15) is 4.79 Å². The molecule has 10 nitrogen and oxygen atoms in total. The van der Waals surface area contributed by atoms with E-state index in [4.69, 9.17) is 21.3 Å². The number of carbonyl (C=O) groups excluding carboxylic acids is 1. The first kappa shape index (κ1) is 37.0. The predicted molar refractivity (Wildman–Crippen MR) is 206 cm³/mol. The third kappa shape index (κ3) is 8.92. The van der Waals surface area contributed by atoms with Crippen LogP contribution in [0.25, 0.3) is 0 Å². The SMILES string of the molecule is COc1cc(N2CCC(N3CCN(CCC(C)(C)C(C)(C)C=O)CC3)CC2)ccc1Nc1ncc(Cl)c(Nc2ccccc2N(C)SC)n1. The lowest BCUT2D eigenvalue weighted by Gasteiger charge is -2.44. The Bertz CT molecular complexity index is 1560. The summed E-state index contributed by atoms with van der Waals surface area (Å²) in [6.45, 7) is 16.1. The lowest BCUT2D eigenvalue weighted by Crippen LogP contribution is -2.53. The van der Waals surface area contributed by atoms with Crippen molar-refractivity contribution in [3.63, 3.8) is 0 Å². The number of carbonyl (C=O) groups is 1. The van der Waals surface area contributed by atoms with Gasteiger partial charge in [-0.05, 0) is 55.5 Å². The number of piperazine rings is 1. The molecule has 12 heteroatoms. The summed E-state index contributed by atoms with van der Waals surface area (Å²) >= 11 is 8.14. The molecule has 2 saturated heterocycles. The number of anilines is 6. The fourth-order valence-electron chi connectivity index (χ4n) is 6.46. The van der Waals surface area contributed by atoms with Crippen molar-refractivity contribution in [1.82, 2.24) is 19.8 Å². The summed E-state index contributed by atoms with van der Waals surface area (Å²) in [5.41, 5.74) is 3.53. The molecule has 5 rings (SSSR count). The zero-order chi connectivity index (χ0) is 35.2. The average molecular weight is 709 g/mol. The van der Waals surface area contributed by atoms with Gasteiger partial charge in [0.2, 0.25) is 5.95 Å². The molecule has 3 aromatic rings. The number of benzene rings is 2. The van der Waals surface area contributed by atoms with E-state index in [-0.39, 0.29) is 10.8 Å². The van der Waals surface area contributed by atoms with E-state index in [0.29, 0.717) is 22.8 Å². The van der Waals surface area contributed by atoms with E-state index in [2.05, 4.69) is 74.5 Å². The van der Waals surface area contributed by atoms with Gasteiger partial charge in [-0.1, -0.05) is 63.4 Å². The average Bonchev–Trinajstić information content (AvgIpc) is 3.12. The predicted octanol–water partition coefficient (Wildman–Crippen LogP) is 7.57. The lowest BCUT2D eigenvalue weighted by atomic mass is 9.67. The van der Waals surface area contributed by atoms with E-state index in [1.54, 1.807) is 25.3 Å². The number of ether oxygens (including phenoxy) is 1. The molecule has 2 fully saturated rings. The fourth-order valence-corrected chi connectivity index (χ4v) is 6.95. The van der Waals surface area contributed by atoms with Crippen molar-refractivity contribution in [2.45, 2.75) is 53.0 Å². The highest BCUT2D eigenvalue weighted by Crippen LogP contribution is 2.40. The molecule has 0 radical (unpaired) electrons. The molecule has 2 aromatic carbocycles. The minimum absolute atomic E-state index is 0.0153. The number of aldehydes is 1. The van der Waals surface area contributed by atoms with Gasteiger partial charge in [0.1, 0.15) is 17.1 Å². The van der Waals surface area contributed by atoms with Gasteiger partial charge in [-0.25, -0.2) is 4.98 Å². The molecule has 0 amide bonds. The van der Waals surface area contributed by atoms with Gasteiger partial charge in [0.25, 0.3) is 0 Å². The Labute approximate surface area is 302 Å². The monoisotopic (exact) mass is 708 g/mol.